The third-order valence-electron chi connectivity index (χ3n) is 4.64. The van der Waals surface area contributed by atoms with Gasteiger partial charge in [-0.05, 0) is 31.4 Å². The second kappa shape index (κ2) is 6.49. The molecule has 0 aliphatic rings. The number of rotatable bonds is 6. The summed E-state index contributed by atoms with van der Waals surface area (Å²) in [7, 11) is 0. The number of alkyl halides is 1. The molecule has 0 aliphatic carbocycles. The molecule has 1 aromatic carbocycles. The Labute approximate surface area is 131 Å². The molecule has 0 saturated carbocycles. The first-order chi connectivity index (χ1) is 10.2. The smallest absolute Gasteiger partial charge is 0.111 e. The van der Waals surface area contributed by atoms with Crippen molar-refractivity contribution in [2.45, 2.75) is 52.0 Å². The highest BCUT2D eigenvalue weighted by Crippen LogP contribution is 2.35. The van der Waals surface area contributed by atoms with Gasteiger partial charge in [-0.25, -0.2) is 4.98 Å². The van der Waals surface area contributed by atoms with Gasteiger partial charge in [-0.15, -0.1) is 11.6 Å². The minimum Gasteiger partial charge on any atom is -0.322 e. The minimum atomic E-state index is 0.0459. The molecule has 0 N–H and O–H groups in total. The second-order valence-electron chi connectivity index (χ2n) is 5.37. The molecule has 0 radical (unpaired) electrons. The van der Waals surface area contributed by atoms with Crippen molar-refractivity contribution in [3.8, 4) is 6.07 Å². The van der Waals surface area contributed by atoms with Crippen molar-refractivity contribution in [3.63, 3.8) is 0 Å². The SMILES string of the molecule is CCC(CC)(CC)n1c(CCCl)nc2c(C#N)cccc21. The van der Waals surface area contributed by atoms with Crippen molar-refractivity contribution in [1.29, 1.82) is 5.26 Å². The number of nitriles is 1. The van der Waals surface area contributed by atoms with Gasteiger partial charge in [-0.1, -0.05) is 26.8 Å². The zero-order valence-corrected chi connectivity index (χ0v) is 13.7. The van der Waals surface area contributed by atoms with Crippen LogP contribution in [0.3, 0.4) is 0 Å². The highest BCUT2D eigenvalue weighted by molar-refractivity contribution is 6.17. The Hall–Kier alpha value is -1.53. The third kappa shape index (κ3) is 2.53. The molecule has 1 heterocycles. The monoisotopic (exact) mass is 303 g/mol. The fourth-order valence-electron chi connectivity index (χ4n) is 3.24. The van der Waals surface area contributed by atoms with Crippen molar-refractivity contribution < 1.29 is 0 Å². The van der Waals surface area contributed by atoms with E-state index in [-0.39, 0.29) is 5.54 Å². The van der Waals surface area contributed by atoms with Gasteiger partial charge < -0.3 is 4.57 Å². The molecule has 1 aromatic heterocycles. The van der Waals surface area contributed by atoms with Gasteiger partial charge in [-0.2, -0.15) is 5.26 Å². The highest BCUT2D eigenvalue weighted by atomic mass is 35.5. The number of imidazole rings is 1. The zero-order chi connectivity index (χ0) is 15.5. The number of fused-ring (bicyclic) bond motifs is 1. The van der Waals surface area contributed by atoms with Crippen LogP contribution in [0.5, 0.6) is 0 Å². The van der Waals surface area contributed by atoms with Crippen LogP contribution in [0, 0.1) is 11.3 Å². The van der Waals surface area contributed by atoms with Gasteiger partial charge in [0.25, 0.3) is 0 Å². The first-order valence-corrected chi connectivity index (χ1v) is 8.17. The Bertz CT molecular complexity index is 654. The Morgan fingerprint density at radius 1 is 1.24 bits per heavy atom. The number of hydrogen-bond acceptors (Lipinski definition) is 2. The molecule has 0 atom stereocenters. The average Bonchev–Trinajstić information content (AvgIpc) is 2.89. The standard InChI is InChI=1S/C17H22ClN3/c1-4-17(5-2,6-3)21-14-9-7-8-13(12-19)16(14)20-15(21)10-11-18/h7-9H,4-6,10-11H2,1-3H3. The number of nitrogens with zero attached hydrogens (tertiary/aromatic N) is 3. The number of benzene rings is 1. The number of halogens is 1. The van der Waals surface area contributed by atoms with E-state index in [1.165, 1.54) is 0 Å². The summed E-state index contributed by atoms with van der Waals surface area (Å²) >= 11 is 5.97. The van der Waals surface area contributed by atoms with Crippen LogP contribution in [0.25, 0.3) is 11.0 Å². The molecule has 4 heteroatoms. The summed E-state index contributed by atoms with van der Waals surface area (Å²) in [6.45, 7) is 6.66. The van der Waals surface area contributed by atoms with Gasteiger partial charge in [0.1, 0.15) is 17.4 Å². The van der Waals surface area contributed by atoms with Gasteiger partial charge in [0.2, 0.25) is 0 Å². The van der Waals surface area contributed by atoms with Gasteiger partial charge in [0.15, 0.2) is 0 Å². The van der Waals surface area contributed by atoms with Crippen LogP contribution in [0.2, 0.25) is 0 Å². The Morgan fingerprint density at radius 2 is 1.90 bits per heavy atom. The van der Waals surface area contributed by atoms with E-state index >= 15 is 0 Å². The maximum atomic E-state index is 9.31. The maximum Gasteiger partial charge on any atom is 0.111 e. The predicted octanol–water partition coefficient (Wildman–Crippen LogP) is 4.61. The molecule has 0 unspecified atom stereocenters. The molecule has 0 amide bonds. The van der Waals surface area contributed by atoms with Crippen LogP contribution in [0.1, 0.15) is 51.4 Å². The van der Waals surface area contributed by atoms with E-state index in [0.717, 1.165) is 42.5 Å². The molecular weight excluding hydrogens is 282 g/mol. The molecule has 3 nitrogen and oxygen atoms in total. The summed E-state index contributed by atoms with van der Waals surface area (Å²) in [5, 5.41) is 9.31. The van der Waals surface area contributed by atoms with Crippen LogP contribution in [0.15, 0.2) is 18.2 Å². The van der Waals surface area contributed by atoms with E-state index < -0.39 is 0 Å². The van der Waals surface area contributed by atoms with Crippen molar-refractivity contribution in [2.24, 2.45) is 0 Å². The Balaban J connectivity index is 2.82. The topological polar surface area (TPSA) is 41.6 Å². The van der Waals surface area contributed by atoms with E-state index in [9.17, 15) is 5.26 Å². The molecule has 0 fully saturated rings. The molecule has 0 saturated heterocycles. The predicted molar refractivity (Wildman–Crippen MR) is 87.7 cm³/mol. The lowest BCUT2D eigenvalue weighted by Gasteiger charge is -2.34. The largest absolute Gasteiger partial charge is 0.322 e. The summed E-state index contributed by atoms with van der Waals surface area (Å²) in [6, 6.07) is 8.08. The van der Waals surface area contributed by atoms with E-state index in [2.05, 4.69) is 37.5 Å². The van der Waals surface area contributed by atoms with Crippen LogP contribution in [0.4, 0.5) is 0 Å². The number of aryl methyl sites for hydroxylation is 1. The molecule has 21 heavy (non-hydrogen) atoms. The first-order valence-electron chi connectivity index (χ1n) is 7.64. The lowest BCUT2D eigenvalue weighted by molar-refractivity contribution is 0.251. The van der Waals surface area contributed by atoms with Crippen molar-refractivity contribution in [3.05, 3.63) is 29.6 Å². The summed E-state index contributed by atoms with van der Waals surface area (Å²) < 4.78 is 2.34. The van der Waals surface area contributed by atoms with Crippen LogP contribution in [-0.4, -0.2) is 15.4 Å². The minimum absolute atomic E-state index is 0.0459. The molecule has 112 valence electrons. The van der Waals surface area contributed by atoms with E-state index in [1.807, 2.05) is 12.1 Å². The number of aromatic nitrogens is 2. The normalized spacial score (nSPS) is 11.8. The lowest BCUT2D eigenvalue weighted by atomic mass is 9.89. The fraction of sp³-hybridized carbons (Fsp3) is 0.529. The highest BCUT2D eigenvalue weighted by Gasteiger charge is 2.30. The average molecular weight is 304 g/mol. The number of hydrogen-bond donors (Lipinski definition) is 0. The summed E-state index contributed by atoms with van der Waals surface area (Å²) in [5.74, 6) is 1.53. The van der Waals surface area contributed by atoms with Crippen molar-refractivity contribution in [1.82, 2.24) is 9.55 Å². The third-order valence-corrected chi connectivity index (χ3v) is 4.83. The molecule has 2 rings (SSSR count). The Morgan fingerprint density at radius 3 is 2.43 bits per heavy atom. The quantitative estimate of drug-likeness (QED) is 0.731. The molecule has 0 spiro atoms. The van der Waals surface area contributed by atoms with Gasteiger partial charge in [0, 0.05) is 17.8 Å². The van der Waals surface area contributed by atoms with Crippen molar-refractivity contribution in [2.75, 3.05) is 5.88 Å². The van der Waals surface area contributed by atoms with E-state index in [1.54, 1.807) is 0 Å². The molecule has 0 aliphatic heterocycles. The van der Waals surface area contributed by atoms with Crippen molar-refractivity contribution >= 4 is 22.6 Å². The van der Waals surface area contributed by atoms with Gasteiger partial charge in [0.05, 0.1) is 11.1 Å². The molecule has 2 aromatic rings. The number of para-hydroxylation sites is 1. The van der Waals surface area contributed by atoms with Crippen LogP contribution >= 0.6 is 11.6 Å². The maximum absolute atomic E-state index is 9.31. The molecule has 0 bridgehead atoms. The summed E-state index contributed by atoms with van der Waals surface area (Å²) in [5.41, 5.74) is 2.54. The van der Waals surface area contributed by atoms with E-state index in [0.29, 0.717) is 11.4 Å². The fourth-order valence-corrected chi connectivity index (χ4v) is 3.41. The summed E-state index contributed by atoms with van der Waals surface area (Å²) in [4.78, 5) is 4.74. The van der Waals surface area contributed by atoms with Crippen LogP contribution in [-0.2, 0) is 12.0 Å². The van der Waals surface area contributed by atoms with Gasteiger partial charge >= 0.3 is 0 Å². The summed E-state index contributed by atoms with van der Waals surface area (Å²) in [6.07, 6.45) is 3.84. The zero-order valence-electron chi connectivity index (χ0n) is 13.0. The lowest BCUT2D eigenvalue weighted by Crippen LogP contribution is -2.33. The first kappa shape index (κ1) is 15.9. The second-order valence-corrected chi connectivity index (χ2v) is 5.75. The Kier molecular flexibility index (Phi) is 4.90. The van der Waals surface area contributed by atoms with E-state index in [4.69, 9.17) is 16.6 Å². The van der Waals surface area contributed by atoms with Gasteiger partial charge in [-0.3, -0.25) is 0 Å². The van der Waals surface area contributed by atoms with Crippen LogP contribution < -0.4 is 0 Å². The molecular formula is C17H22ClN3.